The smallest absolute Gasteiger partial charge is 0.320 e. The van der Waals surface area contributed by atoms with E-state index in [9.17, 15) is 4.79 Å². The van der Waals surface area contributed by atoms with Crippen LogP contribution >= 0.6 is 0 Å². The van der Waals surface area contributed by atoms with Crippen molar-refractivity contribution in [3.63, 3.8) is 0 Å². The van der Waals surface area contributed by atoms with Gasteiger partial charge in [0.2, 0.25) is 0 Å². The molecule has 0 unspecified atom stereocenters. The van der Waals surface area contributed by atoms with Gasteiger partial charge in [0.05, 0.1) is 0 Å². The summed E-state index contributed by atoms with van der Waals surface area (Å²) in [6.07, 6.45) is 5.88. The zero-order valence-electron chi connectivity index (χ0n) is 11.3. The second kappa shape index (κ2) is 5.32. The van der Waals surface area contributed by atoms with E-state index >= 15 is 0 Å². The van der Waals surface area contributed by atoms with Gasteiger partial charge in [-0.2, -0.15) is 0 Å². The number of anilines is 1. The maximum Gasteiger partial charge on any atom is 0.320 e. The van der Waals surface area contributed by atoms with Gasteiger partial charge in [0.15, 0.2) is 11.6 Å². The molecule has 1 aliphatic rings. The molecular weight excluding hydrogens is 254 g/mol. The average molecular weight is 271 g/mol. The second-order valence-electron chi connectivity index (χ2n) is 5.06. The van der Waals surface area contributed by atoms with Crippen LogP contribution in [0, 0.1) is 5.92 Å². The van der Waals surface area contributed by atoms with Gasteiger partial charge < -0.3 is 5.32 Å². The lowest BCUT2D eigenvalue weighted by Gasteiger charge is -2.12. The van der Waals surface area contributed by atoms with Crippen molar-refractivity contribution in [2.45, 2.75) is 25.8 Å². The van der Waals surface area contributed by atoms with E-state index in [0.717, 1.165) is 0 Å². The van der Waals surface area contributed by atoms with Crippen LogP contribution in [0.25, 0.3) is 5.82 Å². The standard InChI is InChI=1S/C14H17N5O/c1-10(11-5-6-11)16-14(20)17-12-7-9-19(18-12)13-4-2-3-8-15-13/h2-4,7-11H,5-6H2,1H3,(H2,16,17,18,20)/t10-/m0/s1. The predicted molar refractivity (Wildman–Crippen MR) is 75.7 cm³/mol. The number of hydrogen-bond donors (Lipinski definition) is 2. The van der Waals surface area contributed by atoms with Crippen molar-refractivity contribution >= 4 is 11.8 Å². The van der Waals surface area contributed by atoms with Crippen LogP contribution in [0.3, 0.4) is 0 Å². The lowest BCUT2D eigenvalue weighted by Crippen LogP contribution is -2.37. The third-order valence-electron chi connectivity index (χ3n) is 3.40. The summed E-state index contributed by atoms with van der Waals surface area (Å²) >= 11 is 0. The zero-order valence-corrected chi connectivity index (χ0v) is 11.3. The molecule has 0 bridgehead atoms. The molecule has 0 spiro atoms. The Morgan fingerprint density at radius 2 is 2.25 bits per heavy atom. The maximum atomic E-state index is 11.8. The first-order chi connectivity index (χ1) is 9.72. The minimum Gasteiger partial charge on any atom is -0.335 e. The predicted octanol–water partition coefficient (Wildman–Crippen LogP) is 2.19. The number of amides is 2. The Balaban J connectivity index is 1.61. The van der Waals surface area contributed by atoms with Crippen LogP contribution in [0.4, 0.5) is 10.6 Å². The molecule has 2 N–H and O–H groups in total. The van der Waals surface area contributed by atoms with Crippen molar-refractivity contribution in [1.29, 1.82) is 0 Å². The van der Waals surface area contributed by atoms with E-state index in [4.69, 9.17) is 0 Å². The largest absolute Gasteiger partial charge is 0.335 e. The summed E-state index contributed by atoms with van der Waals surface area (Å²) in [7, 11) is 0. The van der Waals surface area contributed by atoms with Crippen molar-refractivity contribution in [2.75, 3.05) is 5.32 Å². The molecule has 20 heavy (non-hydrogen) atoms. The fraction of sp³-hybridized carbons (Fsp3) is 0.357. The lowest BCUT2D eigenvalue weighted by atomic mass is 10.2. The Bertz CT molecular complexity index is 591. The summed E-state index contributed by atoms with van der Waals surface area (Å²) in [5, 5.41) is 9.93. The normalized spacial score (nSPS) is 15.7. The molecular formula is C14H17N5O. The number of urea groups is 1. The molecule has 2 aromatic rings. The first kappa shape index (κ1) is 12.7. The summed E-state index contributed by atoms with van der Waals surface area (Å²) in [6.45, 7) is 2.03. The van der Waals surface area contributed by atoms with Gasteiger partial charge in [-0.05, 0) is 37.8 Å². The quantitative estimate of drug-likeness (QED) is 0.895. The molecule has 6 nitrogen and oxygen atoms in total. The Morgan fingerprint density at radius 3 is 2.95 bits per heavy atom. The molecule has 2 amide bonds. The van der Waals surface area contributed by atoms with Gasteiger partial charge in [-0.15, -0.1) is 5.10 Å². The molecule has 6 heteroatoms. The minimum atomic E-state index is -0.212. The van der Waals surface area contributed by atoms with E-state index < -0.39 is 0 Å². The van der Waals surface area contributed by atoms with Crippen LogP contribution in [0.2, 0.25) is 0 Å². The molecule has 2 aromatic heterocycles. The summed E-state index contributed by atoms with van der Waals surface area (Å²) in [5.74, 6) is 1.86. The molecule has 2 heterocycles. The molecule has 0 aromatic carbocycles. The first-order valence-electron chi connectivity index (χ1n) is 6.77. The molecule has 0 saturated heterocycles. The molecule has 0 aliphatic heterocycles. The van der Waals surface area contributed by atoms with E-state index in [1.54, 1.807) is 23.1 Å². The van der Waals surface area contributed by atoms with Gasteiger partial charge in [-0.25, -0.2) is 14.5 Å². The van der Waals surface area contributed by atoms with Crippen LogP contribution in [0.15, 0.2) is 36.7 Å². The summed E-state index contributed by atoms with van der Waals surface area (Å²) < 4.78 is 1.62. The van der Waals surface area contributed by atoms with Crippen LogP contribution in [-0.2, 0) is 0 Å². The molecule has 0 radical (unpaired) electrons. The molecule has 104 valence electrons. The van der Waals surface area contributed by atoms with Crippen LogP contribution in [0.1, 0.15) is 19.8 Å². The monoisotopic (exact) mass is 271 g/mol. The number of hydrogen-bond acceptors (Lipinski definition) is 3. The molecule has 1 saturated carbocycles. The molecule has 3 rings (SSSR count). The van der Waals surface area contributed by atoms with Crippen molar-refractivity contribution in [2.24, 2.45) is 5.92 Å². The number of pyridine rings is 1. The number of aromatic nitrogens is 3. The summed E-state index contributed by atoms with van der Waals surface area (Å²) in [5.41, 5.74) is 0. The Labute approximate surface area is 117 Å². The van der Waals surface area contributed by atoms with Crippen LogP contribution in [-0.4, -0.2) is 26.8 Å². The van der Waals surface area contributed by atoms with Gasteiger partial charge in [0.25, 0.3) is 0 Å². The van der Waals surface area contributed by atoms with Gasteiger partial charge in [-0.1, -0.05) is 6.07 Å². The van der Waals surface area contributed by atoms with E-state index in [1.165, 1.54) is 12.8 Å². The Kier molecular flexibility index (Phi) is 3.37. The number of rotatable bonds is 4. The van der Waals surface area contributed by atoms with Crippen LogP contribution in [0.5, 0.6) is 0 Å². The number of nitrogens with zero attached hydrogens (tertiary/aromatic N) is 3. The SMILES string of the molecule is C[C@H](NC(=O)Nc1ccn(-c2ccccn2)n1)C1CC1. The third-order valence-corrected chi connectivity index (χ3v) is 3.40. The maximum absolute atomic E-state index is 11.8. The van der Waals surface area contributed by atoms with E-state index in [1.807, 2.05) is 25.1 Å². The minimum absolute atomic E-state index is 0.212. The number of carbonyl (C=O) groups excluding carboxylic acids is 1. The lowest BCUT2D eigenvalue weighted by molar-refractivity contribution is 0.248. The first-order valence-corrected chi connectivity index (χ1v) is 6.77. The molecule has 1 atom stereocenters. The third kappa shape index (κ3) is 2.96. The van der Waals surface area contributed by atoms with Gasteiger partial charge in [0.1, 0.15) is 0 Å². The Hall–Kier alpha value is -2.37. The highest BCUT2D eigenvalue weighted by molar-refractivity contribution is 5.88. The fourth-order valence-electron chi connectivity index (χ4n) is 2.08. The summed E-state index contributed by atoms with van der Waals surface area (Å²) in [4.78, 5) is 16.0. The van der Waals surface area contributed by atoms with E-state index in [-0.39, 0.29) is 12.1 Å². The highest BCUT2D eigenvalue weighted by Crippen LogP contribution is 2.32. The highest BCUT2D eigenvalue weighted by Gasteiger charge is 2.28. The fourth-order valence-corrected chi connectivity index (χ4v) is 2.08. The van der Waals surface area contributed by atoms with E-state index in [2.05, 4.69) is 20.7 Å². The van der Waals surface area contributed by atoms with Crippen molar-refractivity contribution in [1.82, 2.24) is 20.1 Å². The van der Waals surface area contributed by atoms with Crippen molar-refractivity contribution in [3.8, 4) is 5.82 Å². The average Bonchev–Trinajstić information content (AvgIpc) is 3.21. The number of carbonyl (C=O) groups is 1. The second-order valence-corrected chi connectivity index (χ2v) is 5.06. The number of nitrogens with one attached hydrogen (secondary N) is 2. The van der Waals surface area contributed by atoms with Gasteiger partial charge >= 0.3 is 6.03 Å². The van der Waals surface area contributed by atoms with Crippen LogP contribution < -0.4 is 10.6 Å². The zero-order chi connectivity index (χ0) is 13.9. The van der Waals surface area contributed by atoms with Crippen molar-refractivity contribution < 1.29 is 4.79 Å². The molecule has 1 aliphatic carbocycles. The Morgan fingerprint density at radius 1 is 1.40 bits per heavy atom. The summed E-state index contributed by atoms with van der Waals surface area (Å²) in [6, 6.07) is 7.34. The van der Waals surface area contributed by atoms with Crippen molar-refractivity contribution in [3.05, 3.63) is 36.7 Å². The van der Waals surface area contributed by atoms with Gasteiger partial charge in [0, 0.05) is 24.5 Å². The van der Waals surface area contributed by atoms with Gasteiger partial charge in [-0.3, -0.25) is 5.32 Å². The molecule has 1 fully saturated rings. The topological polar surface area (TPSA) is 71.8 Å². The van der Waals surface area contributed by atoms with E-state index in [0.29, 0.717) is 17.6 Å². The highest BCUT2D eigenvalue weighted by atomic mass is 16.2.